The van der Waals surface area contributed by atoms with E-state index >= 15 is 0 Å². The smallest absolute Gasteiger partial charge is 0.341 e. The molecule has 0 aromatic heterocycles. The second-order valence-corrected chi connectivity index (χ2v) is 6.09. The molecular weight excluding hydrogens is 393 g/mol. The molecule has 144 valence electrons. The Morgan fingerprint density at radius 2 is 1.56 bits per heavy atom. The lowest BCUT2D eigenvalue weighted by atomic mass is 10.2. The molecule has 0 saturated carbocycles. The number of carbonyl (C=O) groups is 2. The molecule has 1 N–H and O–H groups in total. The number of rotatable bonds is 9. The van der Waals surface area contributed by atoms with E-state index < -0.39 is 18.5 Å². The molecule has 0 unspecified atom stereocenters. The van der Waals surface area contributed by atoms with Crippen molar-refractivity contribution in [3.63, 3.8) is 0 Å². The van der Waals surface area contributed by atoms with Crippen LogP contribution in [-0.4, -0.2) is 38.2 Å². The van der Waals surface area contributed by atoms with E-state index in [1.165, 1.54) is 12.1 Å². The summed E-state index contributed by atoms with van der Waals surface area (Å²) in [6.07, 6.45) is 0. The van der Waals surface area contributed by atoms with Crippen LogP contribution in [0.2, 0.25) is 10.0 Å². The van der Waals surface area contributed by atoms with Crippen LogP contribution < -0.4 is 14.8 Å². The molecule has 0 aliphatic heterocycles. The Labute approximate surface area is 167 Å². The average molecular weight is 412 g/mol. The van der Waals surface area contributed by atoms with E-state index in [4.69, 9.17) is 37.4 Å². The maximum atomic E-state index is 12.0. The standard InChI is InChI=1S/C19H19Cl2NO5/c1-2-25-13-6-8-14(9-7-13)26-11-10-22-17(23)12-27-19(24)18-15(20)4-3-5-16(18)21/h3-9H,2,10-12H2,1H3,(H,22,23). The molecular formula is C19H19Cl2NO5. The van der Waals surface area contributed by atoms with E-state index in [1.54, 1.807) is 30.3 Å². The van der Waals surface area contributed by atoms with E-state index in [0.717, 1.165) is 5.75 Å². The molecule has 0 atom stereocenters. The quantitative estimate of drug-likeness (QED) is 0.502. The number of nitrogens with one attached hydrogen (secondary N) is 1. The molecule has 0 bridgehead atoms. The topological polar surface area (TPSA) is 73.9 Å². The highest BCUT2D eigenvalue weighted by Crippen LogP contribution is 2.24. The van der Waals surface area contributed by atoms with Crippen molar-refractivity contribution in [1.29, 1.82) is 0 Å². The van der Waals surface area contributed by atoms with E-state index in [9.17, 15) is 9.59 Å². The van der Waals surface area contributed by atoms with Gasteiger partial charge >= 0.3 is 5.97 Å². The fourth-order valence-electron chi connectivity index (χ4n) is 2.11. The lowest BCUT2D eigenvalue weighted by Gasteiger charge is -2.10. The fraction of sp³-hybridized carbons (Fsp3) is 0.263. The molecule has 8 heteroatoms. The van der Waals surface area contributed by atoms with Crippen molar-refractivity contribution in [2.45, 2.75) is 6.92 Å². The van der Waals surface area contributed by atoms with Gasteiger partial charge in [0.15, 0.2) is 6.61 Å². The van der Waals surface area contributed by atoms with E-state index in [0.29, 0.717) is 12.4 Å². The maximum absolute atomic E-state index is 12.0. The SMILES string of the molecule is CCOc1ccc(OCCNC(=O)COC(=O)c2c(Cl)cccc2Cl)cc1. The Bertz CT molecular complexity index is 760. The lowest BCUT2D eigenvalue weighted by Crippen LogP contribution is -2.32. The van der Waals surface area contributed by atoms with Gasteiger partial charge in [0, 0.05) is 0 Å². The van der Waals surface area contributed by atoms with Crippen molar-refractivity contribution in [3.8, 4) is 11.5 Å². The molecule has 0 aliphatic carbocycles. The molecule has 2 rings (SSSR count). The summed E-state index contributed by atoms with van der Waals surface area (Å²) in [7, 11) is 0. The zero-order chi connectivity index (χ0) is 19.6. The van der Waals surface area contributed by atoms with Crippen molar-refractivity contribution in [2.75, 3.05) is 26.4 Å². The van der Waals surface area contributed by atoms with E-state index in [1.807, 2.05) is 6.92 Å². The summed E-state index contributed by atoms with van der Waals surface area (Å²) in [5.41, 5.74) is 0.0347. The van der Waals surface area contributed by atoms with Crippen molar-refractivity contribution in [3.05, 3.63) is 58.1 Å². The minimum absolute atomic E-state index is 0.0347. The van der Waals surface area contributed by atoms with Gasteiger partial charge in [0.05, 0.1) is 28.8 Å². The van der Waals surface area contributed by atoms with Crippen LogP contribution in [0.3, 0.4) is 0 Å². The molecule has 0 radical (unpaired) electrons. The summed E-state index contributed by atoms with van der Waals surface area (Å²) in [6.45, 7) is 2.59. The van der Waals surface area contributed by atoms with E-state index in [-0.39, 0.29) is 28.8 Å². The van der Waals surface area contributed by atoms with Gasteiger partial charge in [-0.1, -0.05) is 29.3 Å². The summed E-state index contributed by atoms with van der Waals surface area (Å²) >= 11 is 11.8. The second kappa shape index (κ2) is 10.6. The normalized spacial score (nSPS) is 10.2. The van der Waals surface area contributed by atoms with Gasteiger partial charge in [-0.05, 0) is 43.3 Å². The fourth-order valence-corrected chi connectivity index (χ4v) is 2.66. The summed E-state index contributed by atoms with van der Waals surface area (Å²) in [6, 6.07) is 11.8. The molecule has 0 aliphatic rings. The number of carbonyl (C=O) groups excluding carboxylic acids is 2. The average Bonchev–Trinajstić information content (AvgIpc) is 2.65. The number of hydrogen-bond donors (Lipinski definition) is 1. The molecule has 0 saturated heterocycles. The van der Waals surface area contributed by atoms with Crippen LogP contribution in [0, 0.1) is 0 Å². The Kier molecular flexibility index (Phi) is 8.23. The first-order valence-corrected chi connectivity index (χ1v) is 9.00. The first kappa shape index (κ1) is 20.9. The number of hydrogen-bond acceptors (Lipinski definition) is 5. The third-order valence-corrected chi connectivity index (χ3v) is 3.96. The lowest BCUT2D eigenvalue weighted by molar-refractivity contribution is -0.124. The Hall–Kier alpha value is -2.44. The van der Waals surface area contributed by atoms with Gasteiger partial charge in [0.1, 0.15) is 18.1 Å². The number of halogens is 2. The third kappa shape index (κ3) is 6.66. The van der Waals surface area contributed by atoms with Crippen LogP contribution in [0.25, 0.3) is 0 Å². The van der Waals surface area contributed by atoms with Crippen molar-refractivity contribution in [2.24, 2.45) is 0 Å². The van der Waals surface area contributed by atoms with Crippen molar-refractivity contribution in [1.82, 2.24) is 5.32 Å². The number of ether oxygens (including phenoxy) is 3. The maximum Gasteiger partial charge on any atom is 0.341 e. The molecule has 27 heavy (non-hydrogen) atoms. The summed E-state index contributed by atoms with van der Waals surface area (Å²) in [5, 5.41) is 2.92. The highest BCUT2D eigenvalue weighted by Gasteiger charge is 2.17. The Morgan fingerprint density at radius 3 is 2.15 bits per heavy atom. The number of esters is 1. The van der Waals surface area contributed by atoms with Crippen LogP contribution in [0.1, 0.15) is 17.3 Å². The third-order valence-electron chi connectivity index (χ3n) is 3.33. The van der Waals surface area contributed by atoms with Gasteiger partial charge in [-0.15, -0.1) is 0 Å². The molecule has 0 fully saturated rings. The first-order chi connectivity index (χ1) is 13.0. The predicted octanol–water partition coefficient (Wildman–Crippen LogP) is 3.74. The van der Waals surface area contributed by atoms with Gasteiger partial charge in [-0.2, -0.15) is 0 Å². The largest absolute Gasteiger partial charge is 0.494 e. The second-order valence-electron chi connectivity index (χ2n) is 5.28. The van der Waals surface area contributed by atoms with Crippen molar-refractivity contribution >= 4 is 35.1 Å². The molecule has 0 heterocycles. The van der Waals surface area contributed by atoms with Crippen LogP contribution in [0.4, 0.5) is 0 Å². The highest BCUT2D eigenvalue weighted by atomic mass is 35.5. The molecule has 2 aromatic carbocycles. The van der Waals surface area contributed by atoms with Crippen LogP contribution in [0.15, 0.2) is 42.5 Å². The van der Waals surface area contributed by atoms with Crippen LogP contribution in [0.5, 0.6) is 11.5 Å². The van der Waals surface area contributed by atoms with Gasteiger partial charge in [-0.25, -0.2) is 4.79 Å². The predicted molar refractivity (Wildman–Crippen MR) is 103 cm³/mol. The molecule has 1 amide bonds. The van der Waals surface area contributed by atoms with Gasteiger partial charge in [0.2, 0.25) is 0 Å². The van der Waals surface area contributed by atoms with Crippen LogP contribution in [-0.2, 0) is 9.53 Å². The van der Waals surface area contributed by atoms with Crippen LogP contribution >= 0.6 is 23.2 Å². The monoisotopic (exact) mass is 411 g/mol. The Morgan fingerprint density at radius 1 is 0.963 bits per heavy atom. The molecule has 0 spiro atoms. The summed E-state index contributed by atoms with van der Waals surface area (Å²) < 4.78 is 15.8. The zero-order valence-electron chi connectivity index (χ0n) is 14.7. The number of amides is 1. The summed E-state index contributed by atoms with van der Waals surface area (Å²) in [5.74, 6) is 0.208. The van der Waals surface area contributed by atoms with Gasteiger partial charge < -0.3 is 19.5 Å². The van der Waals surface area contributed by atoms with Gasteiger partial charge in [-0.3, -0.25) is 4.79 Å². The van der Waals surface area contributed by atoms with E-state index in [2.05, 4.69) is 5.32 Å². The highest BCUT2D eigenvalue weighted by molar-refractivity contribution is 6.39. The zero-order valence-corrected chi connectivity index (χ0v) is 16.2. The minimum atomic E-state index is -0.758. The molecule has 6 nitrogen and oxygen atoms in total. The molecule has 2 aromatic rings. The Balaban J connectivity index is 1.68. The summed E-state index contributed by atoms with van der Waals surface area (Å²) in [4.78, 5) is 23.7. The van der Waals surface area contributed by atoms with Gasteiger partial charge in [0.25, 0.3) is 5.91 Å². The number of benzene rings is 2. The van der Waals surface area contributed by atoms with Crippen molar-refractivity contribution < 1.29 is 23.8 Å². The first-order valence-electron chi connectivity index (χ1n) is 8.24. The minimum Gasteiger partial charge on any atom is -0.494 e.